The normalized spacial score (nSPS) is 22.7. The highest BCUT2D eigenvalue weighted by atomic mass is 79.9. The van der Waals surface area contributed by atoms with Gasteiger partial charge in [0.1, 0.15) is 0 Å². The zero-order chi connectivity index (χ0) is 9.26. The van der Waals surface area contributed by atoms with E-state index in [0.29, 0.717) is 6.54 Å². The molecule has 0 bridgehead atoms. The van der Waals surface area contributed by atoms with Gasteiger partial charge in [-0.1, -0.05) is 21.1 Å². The number of rotatable bonds is 2. The zero-order valence-electron chi connectivity index (χ0n) is 6.94. The molecule has 1 aromatic heterocycles. The average molecular weight is 245 g/mol. The van der Waals surface area contributed by atoms with Gasteiger partial charge in [-0.15, -0.1) is 0 Å². The van der Waals surface area contributed by atoms with Crippen molar-refractivity contribution in [3.05, 3.63) is 18.0 Å². The summed E-state index contributed by atoms with van der Waals surface area (Å²) in [6.07, 6.45) is 2.45. The van der Waals surface area contributed by atoms with E-state index in [2.05, 4.69) is 21.1 Å². The Morgan fingerprint density at radius 2 is 2.62 bits per heavy atom. The summed E-state index contributed by atoms with van der Waals surface area (Å²) in [5, 5.41) is 3.58. The van der Waals surface area contributed by atoms with Crippen LogP contribution in [0.4, 0.5) is 0 Å². The summed E-state index contributed by atoms with van der Waals surface area (Å²) in [7, 11) is 0. The van der Waals surface area contributed by atoms with Crippen LogP contribution in [0.15, 0.2) is 16.8 Å². The van der Waals surface area contributed by atoms with Crippen LogP contribution < -0.4 is 0 Å². The lowest BCUT2D eigenvalue weighted by molar-refractivity contribution is -0.127. The Morgan fingerprint density at radius 1 is 1.77 bits per heavy atom. The second kappa shape index (κ2) is 3.49. The lowest BCUT2D eigenvalue weighted by Crippen LogP contribution is -2.26. The van der Waals surface area contributed by atoms with Crippen LogP contribution in [0.25, 0.3) is 0 Å². The van der Waals surface area contributed by atoms with Crippen molar-refractivity contribution in [2.45, 2.75) is 17.8 Å². The first kappa shape index (κ1) is 8.74. The monoisotopic (exact) mass is 244 g/mol. The van der Waals surface area contributed by atoms with E-state index in [0.717, 1.165) is 18.7 Å². The van der Waals surface area contributed by atoms with E-state index in [1.165, 1.54) is 0 Å². The molecule has 70 valence electrons. The maximum Gasteiger partial charge on any atom is 0.236 e. The number of alkyl halides is 1. The first-order valence-electron chi connectivity index (χ1n) is 4.10. The second-order valence-corrected chi connectivity index (χ2v) is 4.10. The summed E-state index contributed by atoms with van der Waals surface area (Å²) in [4.78, 5) is 13.2. The van der Waals surface area contributed by atoms with E-state index >= 15 is 0 Å². The molecule has 1 aliphatic rings. The number of halogens is 1. The van der Waals surface area contributed by atoms with E-state index in [-0.39, 0.29) is 10.7 Å². The molecule has 13 heavy (non-hydrogen) atoms. The Morgan fingerprint density at radius 3 is 3.15 bits per heavy atom. The smallest absolute Gasteiger partial charge is 0.236 e. The Hall–Kier alpha value is -0.840. The van der Waals surface area contributed by atoms with Gasteiger partial charge in [0, 0.05) is 12.6 Å². The van der Waals surface area contributed by atoms with Crippen LogP contribution >= 0.6 is 15.9 Å². The van der Waals surface area contributed by atoms with Gasteiger partial charge in [0.25, 0.3) is 0 Å². The van der Waals surface area contributed by atoms with Gasteiger partial charge in [-0.2, -0.15) is 0 Å². The third-order valence-corrected chi connectivity index (χ3v) is 2.92. The zero-order valence-corrected chi connectivity index (χ0v) is 8.53. The van der Waals surface area contributed by atoms with Crippen molar-refractivity contribution in [3.63, 3.8) is 0 Å². The van der Waals surface area contributed by atoms with Crippen molar-refractivity contribution in [1.82, 2.24) is 10.1 Å². The minimum atomic E-state index is -0.0181. The van der Waals surface area contributed by atoms with Crippen molar-refractivity contribution in [2.24, 2.45) is 0 Å². The number of hydrogen-bond donors (Lipinski definition) is 0. The van der Waals surface area contributed by atoms with E-state index in [1.54, 1.807) is 17.2 Å². The summed E-state index contributed by atoms with van der Waals surface area (Å²) in [6, 6.07) is 1.77. The molecule has 0 saturated carbocycles. The number of nitrogens with zero attached hydrogens (tertiary/aromatic N) is 2. The fourth-order valence-electron chi connectivity index (χ4n) is 1.37. The molecule has 1 fully saturated rings. The number of carbonyl (C=O) groups excluding carboxylic acids is 1. The molecular weight excluding hydrogens is 236 g/mol. The largest absolute Gasteiger partial charge is 0.360 e. The molecule has 0 aromatic carbocycles. The molecule has 0 spiro atoms. The van der Waals surface area contributed by atoms with Gasteiger partial charge in [0.15, 0.2) is 5.76 Å². The predicted octanol–water partition coefficient (Wildman–Crippen LogP) is 1.17. The van der Waals surface area contributed by atoms with Crippen molar-refractivity contribution in [2.75, 3.05) is 6.54 Å². The summed E-state index contributed by atoms with van der Waals surface area (Å²) in [6.45, 7) is 1.32. The molecule has 1 saturated heterocycles. The first-order chi connectivity index (χ1) is 6.27. The van der Waals surface area contributed by atoms with E-state index < -0.39 is 0 Å². The van der Waals surface area contributed by atoms with Gasteiger partial charge < -0.3 is 9.42 Å². The Balaban J connectivity index is 2.00. The standard InChI is InChI=1S/C8H9BrN2O2/c9-7-2-4-11(8(7)12)5-6-1-3-10-13-6/h1,3,7H,2,4-5H2. The Bertz CT molecular complexity index is 299. The molecule has 2 heterocycles. The number of aromatic nitrogens is 1. The molecule has 0 N–H and O–H groups in total. The highest BCUT2D eigenvalue weighted by Crippen LogP contribution is 2.20. The fourth-order valence-corrected chi connectivity index (χ4v) is 1.86. The van der Waals surface area contributed by atoms with Gasteiger partial charge in [0.2, 0.25) is 5.91 Å². The van der Waals surface area contributed by atoms with Crippen LogP contribution in [0.2, 0.25) is 0 Å². The molecule has 1 unspecified atom stereocenters. The molecule has 0 aliphatic carbocycles. The summed E-state index contributed by atoms with van der Waals surface area (Å²) < 4.78 is 4.92. The third-order valence-electron chi connectivity index (χ3n) is 2.07. The molecule has 1 aromatic rings. The molecule has 1 aliphatic heterocycles. The van der Waals surface area contributed by atoms with Crippen molar-refractivity contribution >= 4 is 21.8 Å². The lowest BCUT2D eigenvalue weighted by Gasteiger charge is -2.12. The maximum absolute atomic E-state index is 11.4. The van der Waals surface area contributed by atoms with E-state index in [4.69, 9.17) is 4.52 Å². The van der Waals surface area contributed by atoms with Gasteiger partial charge in [0.05, 0.1) is 17.6 Å². The number of carbonyl (C=O) groups is 1. The molecular formula is C8H9BrN2O2. The van der Waals surface area contributed by atoms with Crippen LogP contribution in [0.1, 0.15) is 12.2 Å². The minimum absolute atomic E-state index is 0.0181. The van der Waals surface area contributed by atoms with E-state index in [1.807, 2.05) is 0 Å². The molecule has 5 heteroatoms. The molecule has 4 nitrogen and oxygen atoms in total. The van der Waals surface area contributed by atoms with Gasteiger partial charge >= 0.3 is 0 Å². The van der Waals surface area contributed by atoms with Crippen molar-refractivity contribution in [1.29, 1.82) is 0 Å². The molecule has 1 amide bonds. The number of amides is 1. The Labute approximate surface area is 84.0 Å². The van der Waals surface area contributed by atoms with Gasteiger partial charge in [-0.25, -0.2) is 0 Å². The van der Waals surface area contributed by atoms with Crippen LogP contribution in [-0.2, 0) is 11.3 Å². The quantitative estimate of drug-likeness (QED) is 0.735. The molecule has 2 rings (SSSR count). The van der Waals surface area contributed by atoms with Gasteiger partial charge in [-0.05, 0) is 6.42 Å². The van der Waals surface area contributed by atoms with Crippen molar-refractivity contribution in [3.8, 4) is 0 Å². The van der Waals surface area contributed by atoms with Crippen LogP contribution in [0.5, 0.6) is 0 Å². The average Bonchev–Trinajstić information content (AvgIpc) is 2.71. The highest BCUT2D eigenvalue weighted by Gasteiger charge is 2.29. The van der Waals surface area contributed by atoms with E-state index in [9.17, 15) is 4.79 Å². The minimum Gasteiger partial charge on any atom is -0.360 e. The summed E-state index contributed by atoms with van der Waals surface area (Å²) >= 11 is 3.31. The molecule has 0 radical (unpaired) electrons. The predicted molar refractivity (Wildman–Crippen MR) is 49.3 cm³/mol. The Kier molecular flexibility index (Phi) is 2.35. The molecule has 1 atom stereocenters. The number of likely N-dealkylation sites (tertiary alicyclic amines) is 1. The maximum atomic E-state index is 11.4. The van der Waals surface area contributed by atoms with Crippen molar-refractivity contribution < 1.29 is 9.32 Å². The van der Waals surface area contributed by atoms with Gasteiger partial charge in [-0.3, -0.25) is 4.79 Å². The van der Waals surface area contributed by atoms with Crippen LogP contribution in [-0.4, -0.2) is 27.3 Å². The summed E-state index contributed by atoms with van der Waals surface area (Å²) in [5.41, 5.74) is 0. The SMILES string of the molecule is O=C1C(Br)CCN1Cc1ccno1. The topological polar surface area (TPSA) is 46.3 Å². The van der Waals surface area contributed by atoms with Crippen LogP contribution in [0, 0.1) is 0 Å². The number of hydrogen-bond acceptors (Lipinski definition) is 3. The lowest BCUT2D eigenvalue weighted by atomic mass is 10.4. The first-order valence-corrected chi connectivity index (χ1v) is 5.01. The second-order valence-electron chi connectivity index (χ2n) is 2.99. The summed E-state index contributed by atoms with van der Waals surface area (Å²) in [5.74, 6) is 0.867. The highest BCUT2D eigenvalue weighted by molar-refractivity contribution is 9.10. The third kappa shape index (κ3) is 1.75. The fraction of sp³-hybridized carbons (Fsp3) is 0.500. The van der Waals surface area contributed by atoms with Crippen LogP contribution in [0.3, 0.4) is 0 Å².